The van der Waals surface area contributed by atoms with E-state index in [2.05, 4.69) is 5.32 Å². The minimum atomic E-state index is -0.931. The SMILES string of the molecule is COc1cc(OC)cc([C@H](O)CNC(=O)c2ccc(F)c(C)c2)c1. The topological polar surface area (TPSA) is 67.8 Å². The molecule has 0 saturated carbocycles. The van der Waals surface area contributed by atoms with Gasteiger partial charge in [-0.15, -0.1) is 0 Å². The van der Waals surface area contributed by atoms with E-state index in [1.807, 2.05) is 0 Å². The Hall–Kier alpha value is -2.60. The number of halogens is 1. The Morgan fingerprint density at radius 1 is 1.17 bits per heavy atom. The van der Waals surface area contributed by atoms with Crippen molar-refractivity contribution in [2.45, 2.75) is 13.0 Å². The van der Waals surface area contributed by atoms with E-state index in [1.54, 1.807) is 25.1 Å². The number of carbonyl (C=O) groups excluding carboxylic acids is 1. The highest BCUT2D eigenvalue weighted by Gasteiger charge is 2.14. The van der Waals surface area contributed by atoms with Crippen LogP contribution in [-0.4, -0.2) is 31.8 Å². The maximum absolute atomic E-state index is 13.2. The van der Waals surface area contributed by atoms with Crippen LogP contribution in [0.15, 0.2) is 36.4 Å². The number of hydrogen-bond acceptors (Lipinski definition) is 4. The molecule has 5 nitrogen and oxygen atoms in total. The van der Waals surface area contributed by atoms with Crippen molar-refractivity contribution in [2.75, 3.05) is 20.8 Å². The molecule has 0 fully saturated rings. The summed E-state index contributed by atoms with van der Waals surface area (Å²) < 4.78 is 23.6. The Kier molecular flexibility index (Phi) is 5.76. The summed E-state index contributed by atoms with van der Waals surface area (Å²) in [5, 5.41) is 12.9. The van der Waals surface area contributed by atoms with Crippen molar-refractivity contribution in [3.63, 3.8) is 0 Å². The summed E-state index contributed by atoms with van der Waals surface area (Å²) in [6.07, 6.45) is -0.931. The first kappa shape index (κ1) is 17.7. The lowest BCUT2D eigenvalue weighted by Crippen LogP contribution is -2.28. The molecule has 0 aliphatic carbocycles. The van der Waals surface area contributed by atoms with Crippen LogP contribution in [0.2, 0.25) is 0 Å². The highest BCUT2D eigenvalue weighted by molar-refractivity contribution is 5.94. The first-order valence-electron chi connectivity index (χ1n) is 7.40. The zero-order valence-corrected chi connectivity index (χ0v) is 13.8. The van der Waals surface area contributed by atoms with Crippen molar-refractivity contribution in [1.29, 1.82) is 0 Å². The molecule has 0 heterocycles. The smallest absolute Gasteiger partial charge is 0.251 e. The van der Waals surface area contributed by atoms with Gasteiger partial charge in [-0.3, -0.25) is 4.79 Å². The van der Waals surface area contributed by atoms with Crippen LogP contribution < -0.4 is 14.8 Å². The van der Waals surface area contributed by atoms with Gasteiger partial charge in [0, 0.05) is 18.2 Å². The third kappa shape index (κ3) is 4.23. The summed E-state index contributed by atoms with van der Waals surface area (Å²) in [5.74, 6) is 0.342. The fourth-order valence-electron chi connectivity index (χ4n) is 2.22. The largest absolute Gasteiger partial charge is 0.497 e. The summed E-state index contributed by atoms with van der Waals surface area (Å²) in [6.45, 7) is 1.59. The summed E-state index contributed by atoms with van der Waals surface area (Å²) in [7, 11) is 3.03. The number of methoxy groups -OCH3 is 2. The van der Waals surface area contributed by atoms with E-state index in [0.717, 1.165) is 0 Å². The molecule has 2 aromatic rings. The van der Waals surface area contributed by atoms with E-state index in [9.17, 15) is 14.3 Å². The van der Waals surface area contributed by atoms with Gasteiger partial charge in [0.15, 0.2) is 0 Å². The Labute approximate surface area is 140 Å². The summed E-state index contributed by atoms with van der Waals surface area (Å²) in [5.41, 5.74) is 1.28. The van der Waals surface area contributed by atoms with Crippen LogP contribution in [0.5, 0.6) is 11.5 Å². The lowest BCUT2D eigenvalue weighted by Gasteiger charge is -2.15. The number of ether oxygens (including phenoxy) is 2. The van der Waals surface area contributed by atoms with E-state index in [0.29, 0.717) is 28.2 Å². The Morgan fingerprint density at radius 3 is 2.33 bits per heavy atom. The molecule has 1 amide bonds. The number of aliphatic hydroxyl groups is 1. The maximum atomic E-state index is 13.2. The van der Waals surface area contributed by atoms with Crippen LogP contribution in [0.3, 0.4) is 0 Å². The Bertz CT molecular complexity index is 711. The fraction of sp³-hybridized carbons (Fsp3) is 0.278. The van der Waals surface area contributed by atoms with Crippen molar-refractivity contribution in [2.24, 2.45) is 0 Å². The van der Waals surface area contributed by atoms with Gasteiger partial charge < -0.3 is 19.9 Å². The zero-order chi connectivity index (χ0) is 17.7. The number of hydrogen-bond donors (Lipinski definition) is 2. The minimum absolute atomic E-state index is 0.00554. The number of amides is 1. The first-order valence-corrected chi connectivity index (χ1v) is 7.40. The summed E-state index contributed by atoms with van der Waals surface area (Å²) in [6, 6.07) is 9.14. The molecule has 0 spiro atoms. The number of benzene rings is 2. The van der Waals surface area contributed by atoms with Crippen molar-refractivity contribution >= 4 is 5.91 Å². The zero-order valence-electron chi connectivity index (χ0n) is 13.8. The second-order valence-corrected chi connectivity index (χ2v) is 5.34. The van der Waals surface area contributed by atoms with Crippen LogP contribution in [0.25, 0.3) is 0 Å². The van der Waals surface area contributed by atoms with Crippen molar-refractivity contribution in [3.05, 3.63) is 58.9 Å². The molecule has 0 radical (unpaired) electrons. The van der Waals surface area contributed by atoms with Gasteiger partial charge in [-0.25, -0.2) is 4.39 Å². The van der Waals surface area contributed by atoms with E-state index in [4.69, 9.17) is 9.47 Å². The maximum Gasteiger partial charge on any atom is 0.251 e. The number of carbonyl (C=O) groups is 1. The van der Waals surface area contributed by atoms with E-state index >= 15 is 0 Å². The standard InChI is InChI=1S/C18H20FNO4/c1-11-6-12(4-5-16(11)19)18(22)20-10-17(21)13-7-14(23-2)9-15(8-13)24-3/h4-9,17,21H,10H2,1-3H3,(H,20,22)/t17-/m1/s1. The minimum Gasteiger partial charge on any atom is -0.497 e. The molecule has 0 aliphatic heterocycles. The van der Waals surface area contributed by atoms with Gasteiger partial charge in [-0.05, 0) is 48.4 Å². The third-order valence-corrected chi connectivity index (χ3v) is 3.63. The molecule has 24 heavy (non-hydrogen) atoms. The molecule has 0 saturated heterocycles. The average Bonchev–Trinajstić information content (AvgIpc) is 2.60. The molecule has 128 valence electrons. The van der Waals surface area contributed by atoms with E-state index < -0.39 is 6.10 Å². The van der Waals surface area contributed by atoms with Crippen molar-refractivity contribution in [1.82, 2.24) is 5.32 Å². The third-order valence-electron chi connectivity index (χ3n) is 3.63. The first-order chi connectivity index (χ1) is 11.4. The lowest BCUT2D eigenvalue weighted by molar-refractivity contribution is 0.0916. The summed E-state index contributed by atoms with van der Waals surface area (Å²) >= 11 is 0. The quantitative estimate of drug-likeness (QED) is 0.853. The van der Waals surface area contributed by atoms with Gasteiger partial charge >= 0.3 is 0 Å². The lowest BCUT2D eigenvalue weighted by atomic mass is 10.1. The van der Waals surface area contributed by atoms with Crippen LogP contribution in [0.4, 0.5) is 4.39 Å². The number of rotatable bonds is 6. The molecule has 2 rings (SSSR count). The van der Waals surface area contributed by atoms with Gasteiger partial charge in [-0.2, -0.15) is 0 Å². The number of aryl methyl sites for hydroxylation is 1. The number of aliphatic hydroxyl groups excluding tert-OH is 1. The molecule has 0 aromatic heterocycles. The predicted molar refractivity (Wildman–Crippen MR) is 88.0 cm³/mol. The molecule has 0 aliphatic rings. The molecule has 0 unspecified atom stereocenters. The van der Waals surface area contributed by atoms with Crippen LogP contribution >= 0.6 is 0 Å². The molecular weight excluding hydrogens is 313 g/mol. The van der Waals surface area contributed by atoms with Gasteiger partial charge in [0.25, 0.3) is 5.91 Å². The van der Waals surface area contributed by atoms with Gasteiger partial charge in [0.1, 0.15) is 17.3 Å². The Balaban J connectivity index is 2.05. The molecule has 6 heteroatoms. The highest BCUT2D eigenvalue weighted by Crippen LogP contribution is 2.26. The van der Waals surface area contributed by atoms with Gasteiger partial charge in [0.05, 0.1) is 20.3 Å². The second-order valence-electron chi connectivity index (χ2n) is 5.34. The van der Waals surface area contributed by atoms with Crippen LogP contribution in [0, 0.1) is 12.7 Å². The predicted octanol–water partition coefficient (Wildman–Crippen LogP) is 2.61. The van der Waals surface area contributed by atoms with Crippen LogP contribution in [0.1, 0.15) is 27.6 Å². The molecule has 0 bridgehead atoms. The van der Waals surface area contributed by atoms with Crippen LogP contribution in [-0.2, 0) is 0 Å². The summed E-state index contributed by atoms with van der Waals surface area (Å²) in [4.78, 5) is 12.1. The molecule has 2 N–H and O–H groups in total. The fourth-order valence-corrected chi connectivity index (χ4v) is 2.22. The average molecular weight is 333 g/mol. The van der Waals surface area contributed by atoms with Crippen molar-refractivity contribution in [3.8, 4) is 11.5 Å². The molecule has 2 aromatic carbocycles. The van der Waals surface area contributed by atoms with Crippen molar-refractivity contribution < 1.29 is 23.8 Å². The van der Waals surface area contributed by atoms with E-state index in [1.165, 1.54) is 32.4 Å². The van der Waals surface area contributed by atoms with E-state index in [-0.39, 0.29) is 18.3 Å². The molecular formula is C18H20FNO4. The number of nitrogens with one attached hydrogen (secondary N) is 1. The second kappa shape index (κ2) is 7.79. The molecule has 1 atom stereocenters. The Morgan fingerprint density at radius 2 is 1.79 bits per heavy atom. The van der Waals surface area contributed by atoms with Gasteiger partial charge in [0.2, 0.25) is 0 Å². The monoisotopic (exact) mass is 333 g/mol. The highest BCUT2D eigenvalue weighted by atomic mass is 19.1. The normalized spacial score (nSPS) is 11.7. The van der Waals surface area contributed by atoms with Gasteiger partial charge in [-0.1, -0.05) is 0 Å².